The number of benzene rings is 1. The number of aromatic amines is 1. The van der Waals surface area contributed by atoms with Crippen molar-refractivity contribution in [1.82, 2.24) is 10.2 Å². The van der Waals surface area contributed by atoms with Crippen LogP contribution < -0.4 is 15.2 Å². The van der Waals surface area contributed by atoms with Crippen LogP contribution in [0.3, 0.4) is 0 Å². The fourth-order valence-electron chi connectivity index (χ4n) is 2.11. The molecule has 2 aromatic rings. The molecule has 0 aliphatic rings. The van der Waals surface area contributed by atoms with Gasteiger partial charge in [-0.2, -0.15) is 5.10 Å². The third kappa shape index (κ3) is 2.71. The zero-order chi connectivity index (χ0) is 13.8. The molecule has 0 amide bonds. The number of H-pyrrole nitrogens is 1. The van der Waals surface area contributed by atoms with Gasteiger partial charge >= 0.3 is 0 Å². The second-order valence-corrected chi connectivity index (χ2v) is 4.38. The maximum atomic E-state index is 5.88. The van der Waals surface area contributed by atoms with Gasteiger partial charge in [0.2, 0.25) is 0 Å². The van der Waals surface area contributed by atoms with Crippen molar-refractivity contribution in [2.75, 3.05) is 20.8 Å². The van der Waals surface area contributed by atoms with Crippen LogP contribution in [0.2, 0.25) is 0 Å². The SMILES string of the molecule is COc1ccc(C(CN)c2cc(C)[nH]n2)cc1OC. The third-order valence-corrected chi connectivity index (χ3v) is 3.13. The molecule has 0 saturated heterocycles. The Hall–Kier alpha value is -2.01. The van der Waals surface area contributed by atoms with E-state index in [1.54, 1.807) is 14.2 Å². The van der Waals surface area contributed by atoms with Crippen LogP contribution in [0.4, 0.5) is 0 Å². The molecule has 0 spiro atoms. The number of hydrogen-bond acceptors (Lipinski definition) is 4. The van der Waals surface area contributed by atoms with Crippen LogP contribution in [0.1, 0.15) is 22.9 Å². The summed E-state index contributed by atoms with van der Waals surface area (Å²) in [5.74, 6) is 1.45. The summed E-state index contributed by atoms with van der Waals surface area (Å²) in [6.07, 6.45) is 0. The first-order valence-corrected chi connectivity index (χ1v) is 6.13. The highest BCUT2D eigenvalue weighted by molar-refractivity contribution is 5.45. The molecule has 1 aromatic carbocycles. The van der Waals surface area contributed by atoms with Crippen LogP contribution >= 0.6 is 0 Å². The molecule has 1 atom stereocenters. The lowest BCUT2D eigenvalue weighted by atomic mass is 9.95. The first-order valence-electron chi connectivity index (χ1n) is 6.13. The number of aromatic nitrogens is 2. The van der Waals surface area contributed by atoms with E-state index in [4.69, 9.17) is 15.2 Å². The van der Waals surface area contributed by atoms with Crippen LogP contribution in [0.25, 0.3) is 0 Å². The molecule has 1 aromatic heterocycles. The van der Waals surface area contributed by atoms with Crippen LogP contribution in [-0.2, 0) is 0 Å². The molecule has 0 bridgehead atoms. The molecule has 0 radical (unpaired) electrons. The van der Waals surface area contributed by atoms with Crippen molar-refractivity contribution in [3.63, 3.8) is 0 Å². The molecule has 3 N–H and O–H groups in total. The molecule has 0 fully saturated rings. The smallest absolute Gasteiger partial charge is 0.161 e. The second-order valence-electron chi connectivity index (χ2n) is 4.38. The van der Waals surface area contributed by atoms with E-state index in [-0.39, 0.29) is 5.92 Å². The normalized spacial score (nSPS) is 12.2. The number of rotatable bonds is 5. The lowest BCUT2D eigenvalue weighted by Gasteiger charge is -2.15. The molecule has 5 nitrogen and oxygen atoms in total. The number of nitrogens with one attached hydrogen (secondary N) is 1. The summed E-state index contributed by atoms with van der Waals surface area (Å²) in [5.41, 5.74) is 8.90. The summed E-state index contributed by atoms with van der Waals surface area (Å²) < 4.78 is 10.6. The van der Waals surface area contributed by atoms with Crippen LogP contribution in [-0.4, -0.2) is 31.0 Å². The van der Waals surface area contributed by atoms with Gasteiger partial charge in [0.25, 0.3) is 0 Å². The summed E-state index contributed by atoms with van der Waals surface area (Å²) in [6.45, 7) is 2.46. The van der Waals surface area contributed by atoms with Gasteiger partial charge < -0.3 is 15.2 Å². The van der Waals surface area contributed by atoms with E-state index in [2.05, 4.69) is 10.2 Å². The molecular weight excluding hydrogens is 242 g/mol. The molecule has 5 heteroatoms. The monoisotopic (exact) mass is 261 g/mol. The Morgan fingerprint density at radius 2 is 1.95 bits per heavy atom. The van der Waals surface area contributed by atoms with Crippen molar-refractivity contribution in [3.05, 3.63) is 41.2 Å². The summed E-state index contributed by atoms with van der Waals surface area (Å²) in [5, 5.41) is 7.23. The van der Waals surface area contributed by atoms with Crippen molar-refractivity contribution in [2.24, 2.45) is 5.73 Å². The van der Waals surface area contributed by atoms with Crippen LogP contribution in [0.5, 0.6) is 11.5 Å². The highest BCUT2D eigenvalue weighted by atomic mass is 16.5. The largest absolute Gasteiger partial charge is 0.493 e. The van der Waals surface area contributed by atoms with Crippen molar-refractivity contribution < 1.29 is 9.47 Å². The van der Waals surface area contributed by atoms with Gasteiger partial charge in [0.15, 0.2) is 11.5 Å². The third-order valence-electron chi connectivity index (χ3n) is 3.13. The van der Waals surface area contributed by atoms with Crippen molar-refractivity contribution in [2.45, 2.75) is 12.8 Å². The van der Waals surface area contributed by atoms with Gasteiger partial charge in [-0.25, -0.2) is 0 Å². The van der Waals surface area contributed by atoms with Crippen molar-refractivity contribution in [1.29, 1.82) is 0 Å². The minimum absolute atomic E-state index is 0.0461. The number of nitrogens with two attached hydrogens (primary N) is 1. The second kappa shape index (κ2) is 5.75. The quantitative estimate of drug-likeness (QED) is 0.861. The topological polar surface area (TPSA) is 73.2 Å². The van der Waals surface area contributed by atoms with E-state index in [1.165, 1.54) is 0 Å². The predicted molar refractivity (Wildman–Crippen MR) is 73.8 cm³/mol. The van der Waals surface area contributed by atoms with E-state index < -0.39 is 0 Å². The summed E-state index contributed by atoms with van der Waals surface area (Å²) in [6, 6.07) is 7.83. The van der Waals surface area contributed by atoms with E-state index in [0.29, 0.717) is 18.0 Å². The van der Waals surface area contributed by atoms with E-state index in [1.807, 2.05) is 31.2 Å². The van der Waals surface area contributed by atoms with Gasteiger partial charge in [0.05, 0.1) is 19.9 Å². The lowest BCUT2D eigenvalue weighted by molar-refractivity contribution is 0.354. The Balaban J connectivity index is 2.38. The molecule has 1 unspecified atom stereocenters. The summed E-state index contributed by atoms with van der Waals surface area (Å²) >= 11 is 0. The molecule has 0 saturated carbocycles. The average Bonchev–Trinajstić information content (AvgIpc) is 2.86. The van der Waals surface area contributed by atoms with E-state index in [0.717, 1.165) is 17.0 Å². The molecule has 19 heavy (non-hydrogen) atoms. The van der Waals surface area contributed by atoms with Gasteiger partial charge in [-0.15, -0.1) is 0 Å². The first-order chi connectivity index (χ1) is 9.19. The Morgan fingerprint density at radius 1 is 1.21 bits per heavy atom. The summed E-state index contributed by atoms with van der Waals surface area (Å²) in [7, 11) is 3.24. The van der Waals surface area contributed by atoms with Gasteiger partial charge in [-0.1, -0.05) is 6.07 Å². The van der Waals surface area contributed by atoms with Crippen LogP contribution in [0.15, 0.2) is 24.3 Å². The molecule has 1 heterocycles. The number of hydrogen-bond donors (Lipinski definition) is 2. The number of aryl methyl sites for hydroxylation is 1. The minimum Gasteiger partial charge on any atom is -0.493 e. The number of methoxy groups -OCH3 is 2. The first kappa shape index (κ1) is 13.4. The Bertz CT molecular complexity index is 551. The highest BCUT2D eigenvalue weighted by Crippen LogP contribution is 2.32. The number of nitrogens with zero attached hydrogens (tertiary/aromatic N) is 1. The predicted octanol–water partition coefficient (Wildman–Crippen LogP) is 1.83. The van der Waals surface area contributed by atoms with Crippen molar-refractivity contribution in [3.8, 4) is 11.5 Å². The zero-order valence-electron chi connectivity index (χ0n) is 11.4. The lowest BCUT2D eigenvalue weighted by Crippen LogP contribution is -2.14. The molecule has 2 rings (SSSR count). The maximum absolute atomic E-state index is 5.88. The standard InChI is InChI=1S/C14H19N3O2/c1-9-6-12(17-16-9)11(8-15)10-4-5-13(18-2)14(7-10)19-3/h4-7,11H,8,15H2,1-3H3,(H,16,17). The van der Waals surface area contributed by atoms with Gasteiger partial charge in [-0.3, -0.25) is 5.10 Å². The zero-order valence-corrected chi connectivity index (χ0v) is 11.4. The van der Waals surface area contributed by atoms with Crippen LogP contribution in [0, 0.1) is 6.92 Å². The fourth-order valence-corrected chi connectivity index (χ4v) is 2.11. The number of ether oxygens (including phenoxy) is 2. The minimum atomic E-state index is 0.0461. The molecule has 0 aliphatic carbocycles. The van der Waals surface area contributed by atoms with Gasteiger partial charge in [-0.05, 0) is 30.7 Å². The Kier molecular flexibility index (Phi) is 4.06. The Morgan fingerprint density at radius 3 is 2.47 bits per heavy atom. The Labute approximate surface area is 112 Å². The maximum Gasteiger partial charge on any atom is 0.161 e. The van der Waals surface area contributed by atoms with E-state index >= 15 is 0 Å². The van der Waals surface area contributed by atoms with E-state index in [9.17, 15) is 0 Å². The van der Waals surface area contributed by atoms with Gasteiger partial charge in [0.1, 0.15) is 0 Å². The average molecular weight is 261 g/mol. The molecular formula is C14H19N3O2. The fraction of sp³-hybridized carbons (Fsp3) is 0.357. The van der Waals surface area contributed by atoms with Crippen molar-refractivity contribution >= 4 is 0 Å². The summed E-state index contributed by atoms with van der Waals surface area (Å²) in [4.78, 5) is 0. The highest BCUT2D eigenvalue weighted by Gasteiger charge is 2.17. The molecule has 0 aliphatic heterocycles. The van der Waals surface area contributed by atoms with Gasteiger partial charge in [0, 0.05) is 18.2 Å². The molecule has 102 valence electrons.